The highest BCUT2D eigenvalue weighted by molar-refractivity contribution is 9.10. The quantitative estimate of drug-likeness (QED) is 0.901. The number of nitrogens with zero attached hydrogens (tertiary/aromatic N) is 2. The van der Waals surface area contributed by atoms with Crippen molar-refractivity contribution in [1.29, 1.82) is 0 Å². The summed E-state index contributed by atoms with van der Waals surface area (Å²) in [5.41, 5.74) is 1.09. The standard InChI is InChI=1S/C14H24BrN3O/c1-4-18-12(11(15)10-17-18)13(16-2)14(19-3)8-6-5-7-9-14/h10,13,16H,4-9H2,1-3H3. The van der Waals surface area contributed by atoms with Gasteiger partial charge in [-0.2, -0.15) is 5.10 Å². The van der Waals surface area contributed by atoms with Crippen molar-refractivity contribution in [2.24, 2.45) is 0 Å². The first-order valence-corrected chi connectivity index (χ1v) is 7.91. The summed E-state index contributed by atoms with van der Waals surface area (Å²) in [5.74, 6) is 0. The largest absolute Gasteiger partial charge is 0.376 e. The van der Waals surface area contributed by atoms with Crippen LogP contribution < -0.4 is 5.32 Å². The molecule has 0 spiro atoms. The van der Waals surface area contributed by atoms with Gasteiger partial charge in [-0.15, -0.1) is 0 Å². The van der Waals surface area contributed by atoms with Gasteiger partial charge in [-0.3, -0.25) is 4.68 Å². The Morgan fingerprint density at radius 1 is 1.47 bits per heavy atom. The zero-order chi connectivity index (χ0) is 13.9. The summed E-state index contributed by atoms with van der Waals surface area (Å²) in [6.45, 7) is 2.99. The summed E-state index contributed by atoms with van der Waals surface area (Å²) in [6, 6.07) is 0.176. The minimum absolute atomic E-state index is 0.109. The number of ether oxygens (including phenoxy) is 1. The summed E-state index contributed by atoms with van der Waals surface area (Å²) < 4.78 is 9.11. The fourth-order valence-electron chi connectivity index (χ4n) is 3.32. The Balaban J connectivity index is 2.39. The molecule has 1 fully saturated rings. The van der Waals surface area contributed by atoms with E-state index in [-0.39, 0.29) is 11.6 Å². The molecule has 4 nitrogen and oxygen atoms in total. The Bertz CT molecular complexity index is 413. The SMILES string of the molecule is CCn1ncc(Br)c1C(NC)C1(OC)CCCCC1. The van der Waals surface area contributed by atoms with Crippen LogP contribution in [-0.2, 0) is 11.3 Å². The van der Waals surface area contributed by atoms with Crippen LogP contribution in [0, 0.1) is 0 Å². The average Bonchev–Trinajstić information content (AvgIpc) is 2.82. The number of methoxy groups -OCH3 is 1. The molecule has 0 bridgehead atoms. The molecule has 1 N–H and O–H groups in total. The summed E-state index contributed by atoms with van der Waals surface area (Å²) in [6.07, 6.45) is 7.89. The van der Waals surface area contributed by atoms with E-state index in [1.54, 1.807) is 0 Å². The Hall–Kier alpha value is -0.390. The normalized spacial score (nSPS) is 20.4. The monoisotopic (exact) mass is 329 g/mol. The molecule has 1 heterocycles. The minimum atomic E-state index is -0.109. The molecule has 1 saturated carbocycles. The van der Waals surface area contributed by atoms with Gasteiger partial charge < -0.3 is 10.1 Å². The second-order valence-corrected chi connectivity index (χ2v) is 6.10. The van der Waals surface area contributed by atoms with Crippen LogP contribution in [0.1, 0.15) is 50.8 Å². The van der Waals surface area contributed by atoms with Gasteiger partial charge in [-0.25, -0.2) is 0 Å². The maximum absolute atomic E-state index is 5.99. The lowest BCUT2D eigenvalue weighted by molar-refractivity contribution is -0.0691. The Labute approximate surface area is 124 Å². The summed E-state index contributed by atoms with van der Waals surface area (Å²) in [4.78, 5) is 0. The number of rotatable bonds is 5. The fraction of sp³-hybridized carbons (Fsp3) is 0.786. The second kappa shape index (κ2) is 6.37. The fourth-order valence-corrected chi connectivity index (χ4v) is 3.85. The van der Waals surface area contributed by atoms with Crippen LogP contribution >= 0.6 is 15.9 Å². The first-order chi connectivity index (χ1) is 9.18. The van der Waals surface area contributed by atoms with Crippen molar-refractivity contribution in [2.75, 3.05) is 14.2 Å². The van der Waals surface area contributed by atoms with Crippen molar-refractivity contribution in [3.8, 4) is 0 Å². The highest BCUT2D eigenvalue weighted by Gasteiger charge is 2.42. The van der Waals surface area contributed by atoms with E-state index in [9.17, 15) is 0 Å². The predicted octanol–water partition coefficient (Wildman–Crippen LogP) is 3.28. The summed E-state index contributed by atoms with van der Waals surface area (Å²) in [7, 11) is 3.86. The Morgan fingerprint density at radius 2 is 2.16 bits per heavy atom. The van der Waals surface area contributed by atoms with Crippen LogP contribution in [0.5, 0.6) is 0 Å². The third-order valence-corrected chi connectivity index (χ3v) is 4.94. The topological polar surface area (TPSA) is 39.1 Å². The number of aryl methyl sites for hydroxylation is 1. The lowest BCUT2D eigenvalue weighted by Gasteiger charge is -2.42. The molecular weight excluding hydrogens is 306 g/mol. The van der Waals surface area contributed by atoms with Crippen LogP contribution in [0.15, 0.2) is 10.7 Å². The van der Waals surface area contributed by atoms with E-state index in [0.717, 1.165) is 23.9 Å². The van der Waals surface area contributed by atoms with Crippen molar-refractivity contribution in [2.45, 2.75) is 57.2 Å². The molecule has 1 atom stereocenters. The lowest BCUT2D eigenvalue weighted by atomic mass is 9.78. The molecule has 1 aromatic heterocycles. The zero-order valence-corrected chi connectivity index (χ0v) is 13.7. The highest BCUT2D eigenvalue weighted by atomic mass is 79.9. The summed E-state index contributed by atoms with van der Waals surface area (Å²) >= 11 is 3.64. The van der Waals surface area contributed by atoms with E-state index in [1.807, 2.05) is 20.4 Å². The van der Waals surface area contributed by atoms with E-state index in [2.05, 4.69) is 38.0 Å². The van der Waals surface area contributed by atoms with E-state index in [4.69, 9.17) is 4.74 Å². The number of aromatic nitrogens is 2. The number of hydrogen-bond acceptors (Lipinski definition) is 3. The lowest BCUT2D eigenvalue weighted by Crippen LogP contribution is -2.47. The molecule has 0 radical (unpaired) electrons. The molecule has 0 saturated heterocycles. The van der Waals surface area contributed by atoms with Crippen LogP contribution in [0.25, 0.3) is 0 Å². The van der Waals surface area contributed by atoms with E-state index < -0.39 is 0 Å². The molecule has 108 valence electrons. The van der Waals surface area contributed by atoms with E-state index in [0.29, 0.717) is 0 Å². The van der Waals surface area contributed by atoms with Gasteiger partial charge in [0.2, 0.25) is 0 Å². The highest BCUT2D eigenvalue weighted by Crippen LogP contribution is 2.42. The maximum Gasteiger partial charge on any atom is 0.0888 e. The second-order valence-electron chi connectivity index (χ2n) is 5.24. The number of halogens is 1. The minimum Gasteiger partial charge on any atom is -0.376 e. The van der Waals surface area contributed by atoms with Gasteiger partial charge >= 0.3 is 0 Å². The molecule has 5 heteroatoms. The number of nitrogens with one attached hydrogen (secondary N) is 1. The van der Waals surface area contributed by atoms with Crippen LogP contribution in [0.3, 0.4) is 0 Å². The van der Waals surface area contributed by atoms with Gasteiger partial charge in [0, 0.05) is 13.7 Å². The number of hydrogen-bond donors (Lipinski definition) is 1. The van der Waals surface area contributed by atoms with Crippen molar-refractivity contribution in [1.82, 2.24) is 15.1 Å². The molecule has 0 aromatic carbocycles. The smallest absolute Gasteiger partial charge is 0.0888 e. The molecule has 1 unspecified atom stereocenters. The van der Waals surface area contributed by atoms with Gasteiger partial charge in [0.25, 0.3) is 0 Å². The third-order valence-electron chi connectivity index (χ3n) is 4.33. The molecule has 0 amide bonds. The average molecular weight is 330 g/mol. The van der Waals surface area contributed by atoms with Gasteiger partial charge in [0.1, 0.15) is 0 Å². The van der Waals surface area contributed by atoms with Crippen LogP contribution in [-0.4, -0.2) is 29.5 Å². The van der Waals surface area contributed by atoms with Crippen molar-refractivity contribution >= 4 is 15.9 Å². The molecule has 1 aromatic rings. The summed E-state index contributed by atoms with van der Waals surface area (Å²) in [5, 5.41) is 7.90. The molecule has 19 heavy (non-hydrogen) atoms. The van der Waals surface area contributed by atoms with Gasteiger partial charge in [0.15, 0.2) is 0 Å². The molecule has 2 rings (SSSR count). The molecule has 0 aliphatic heterocycles. The van der Waals surface area contributed by atoms with Gasteiger partial charge in [-0.05, 0) is 42.7 Å². The third kappa shape index (κ3) is 2.73. The first-order valence-electron chi connectivity index (χ1n) is 7.12. The van der Waals surface area contributed by atoms with Crippen LogP contribution in [0.2, 0.25) is 0 Å². The number of likely N-dealkylation sites (N-methyl/N-ethyl adjacent to an activating group) is 1. The predicted molar refractivity (Wildman–Crippen MR) is 80.2 cm³/mol. The first kappa shape index (κ1) is 15.0. The zero-order valence-electron chi connectivity index (χ0n) is 12.1. The van der Waals surface area contributed by atoms with Crippen molar-refractivity contribution < 1.29 is 4.74 Å². The van der Waals surface area contributed by atoms with Crippen molar-refractivity contribution in [3.05, 3.63) is 16.4 Å². The molecule has 1 aliphatic rings. The van der Waals surface area contributed by atoms with Gasteiger partial charge in [0.05, 0.1) is 28.0 Å². The molecular formula is C14H24BrN3O. The van der Waals surface area contributed by atoms with Crippen LogP contribution in [0.4, 0.5) is 0 Å². The maximum atomic E-state index is 5.99. The molecule has 1 aliphatic carbocycles. The van der Waals surface area contributed by atoms with Gasteiger partial charge in [-0.1, -0.05) is 19.3 Å². The van der Waals surface area contributed by atoms with E-state index in [1.165, 1.54) is 25.0 Å². The van der Waals surface area contributed by atoms with Crippen molar-refractivity contribution in [3.63, 3.8) is 0 Å². The van der Waals surface area contributed by atoms with E-state index >= 15 is 0 Å². The Morgan fingerprint density at radius 3 is 2.68 bits per heavy atom. The Kier molecular flexibility index (Phi) is 5.03.